The molecule has 0 amide bonds. The summed E-state index contributed by atoms with van der Waals surface area (Å²) in [4.78, 5) is 0. The molecule has 2 nitrogen and oxygen atoms in total. The fraction of sp³-hybridized carbons (Fsp3) is 0.0417. The van der Waals surface area contributed by atoms with Gasteiger partial charge in [-0.3, -0.25) is 0 Å². The second kappa shape index (κ2) is 7.88. The van der Waals surface area contributed by atoms with E-state index in [2.05, 4.69) is 47.6 Å². The lowest BCUT2D eigenvalue weighted by atomic mass is 9.77. The van der Waals surface area contributed by atoms with Crippen molar-refractivity contribution in [1.82, 2.24) is 5.32 Å². The number of nitrogens with zero attached hydrogens (tertiary/aromatic N) is 1. The predicted molar refractivity (Wildman–Crippen MR) is 105 cm³/mol. The van der Waals surface area contributed by atoms with E-state index in [1.165, 1.54) is 0 Å². The van der Waals surface area contributed by atoms with Crippen LogP contribution in [0.25, 0.3) is 0 Å². The molecule has 3 aromatic rings. The Morgan fingerprint density at radius 3 is 1.46 bits per heavy atom. The molecule has 3 aromatic carbocycles. The molecule has 26 heavy (non-hydrogen) atoms. The smallest absolute Gasteiger partial charge is 0.117 e. The van der Waals surface area contributed by atoms with E-state index in [0.29, 0.717) is 0 Å². The molecule has 0 heterocycles. The van der Waals surface area contributed by atoms with Gasteiger partial charge in [-0.2, -0.15) is 5.26 Å². The summed E-state index contributed by atoms with van der Waals surface area (Å²) in [7, 11) is 0. The SMILES string of the molecule is C#C/C(C#N)=C/NC(c1ccccc1)(c1ccccc1)c1ccccc1. The van der Waals surface area contributed by atoms with E-state index in [9.17, 15) is 5.26 Å². The minimum atomic E-state index is -0.664. The summed E-state index contributed by atoms with van der Waals surface area (Å²) in [5.41, 5.74) is 2.76. The minimum absolute atomic E-state index is 0.247. The van der Waals surface area contributed by atoms with Gasteiger partial charge in [-0.15, -0.1) is 6.42 Å². The van der Waals surface area contributed by atoms with Crippen molar-refractivity contribution >= 4 is 0 Å². The summed E-state index contributed by atoms with van der Waals surface area (Å²) in [5.74, 6) is 2.42. The lowest BCUT2D eigenvalue weighted by molar-refractivity contribution is 0.550. The van der Waals surface area contributed by atoms with Crippen LogP contribution >= 0.6 is 0 Å². The molecule has 0 saturated heterocycles. The molecule has 0 bridgehead atoms. The van der Waals surface area contributed by atoms with Gasteiger partial charge in [0.05, 0.1) is 0 Å². The first kappa shape index (κ1) is 17.1. The van der Waals surface area contributed by atoms with Gasteiger partial charge in [0.25, 0.3) is 0 Å². The third-order valence-electron chi connectivity index (χ3n) is 4.33. The quantitative estimate of drug-likeness (QED) is 0.420. The molecular formula is C24H18N2. The fourth-order valence-corrected chi connectivity index (χ4v) is 3.10. The third kappa shape index (κ3) is 3.22. The molecule has 124 valence electrons. The van der Waals surface area contributed by atoms with Crippen LogP contribution < -0.4 is 5.32 Å². The minimum Gasteiger partial charge on any atom is -0.372 e. The predicted octanol–water partition coefficient (Wildman–Crippen LogP) is 4.61. The second-order valence-corrected chi connectivity index (χ2v) is 5.81. The van der Waals surface area contributed by atoms with Crippen molar-refractivity contribution in [3.8, 4) is 18.4 Å². The maximum absolute atomic E-state index is 9.23. The number of nitriles is 1. The van der Waals surface area contributed by atoms with Crippen molar-refractivity contribution in [2.45, 2.75) is 5.54 Å². The van der Waals surface area contributed by atoms with E-state index in [-0.39, 0.29) is 5.57 Å². The summed E-state index contributed by atoms with van der Waals surface area (Å²) in [6.45, 7) is 0. The summed E-state index contributed by atoms with van der Waals surface area (Å²) in [6.07, 6.45) is 7.07. The van der Waals surface area contributed by atoms with Crippen molar-refractivity contribution in [2.75, 3.05) is 0 Å². The molecule has 0 aliphatic carbocycles. The van der Waals surface area contributed by atoms with Crippen molar-refractivity contribution in [3.63, 3.8) is 0 Å². The molecule has 0 spiro atoms. The van der Waals surface area contributed by atoms with E-state index in [0.717, 1.165) is 16.7 Å². The molecule has 0 aromatic heterocycles. The van der Waals surface area contributed by atoms with E-state index in [4.69, 9.17) is 6.42 Å². The first-order chi connectivity index (χ1) is 12.8. The van der Waals surface area contributed by atoms with E-state index in [1.54, 1.807) is 6.20 Å². The second-order valence-electron chi connectivity index (χ2n) is 5.81. The number of hydrogen-bond acceptors (Lipinski definition) is 2. The number of nitrogens with one attached hydrogen (secondary N) is 1. The summed E-state index contributed by atoms with van der Waals surface area (Å²) < 4.78 is 0. The normalized spacial score (nSPS) is 11.2. The van der Waals surface area contributed by atoms with Gasteiger partial charge in [0, 0.05) is 6.20 Å². The Morgan fingerprint density at radius 1 is 0.769 bits per heavy atom. The Hall–Kier alpha value is -3.75. The van der Waals surface area contributed by atoms with Gasteiger partial charge in [-0.1, -0.05) is 96.9 Å². The molecule has 0 saturated carbocycles. The third-order valence-corrected chi connectivity index (χ3v) is 4.33. The molecule has 2 heteroatoms. The van der Waals surface area contributed by atoms with E-state index < -0.39 is 5.54 Å². The topological polar surface area (TPSA) is 35.8 Å². The zero-order valence-corrected chi connectivity index (χ0v) is 14.3. The van der Waals surface area contributed by atoms with Gasteiger partial charge in [-0.25, -0.2) is 0 Å². The van der Waals surface area contributed by atoms with Crippen LogP contribution in [0.15, 0.2) is 103 Å². The Bertz CT molecular complexity index is 847. The number of benzene rings is 3. The molecule has 0 fully saturated rings. The van der Waals surface area contributed by atoms with Gasteiger partial charge in [0.2, 0.25) is 0 Å². The van der Waals surface area contributed by atoms with Crippen LogP contribution in [0.4, 0.5) is 0 Å². The number of hydrogen-bond donors (Lipinski definition) is 1. The van der Waals surface area contributed by atoms with Gasteiger partial charge in [-0.05, 0) is 16.7 Å². The van der Waals surface area contributed by atoms with Crippen LogP contribution in [-0.2, 0) is 5.54 Å². The van der Waals surface area contributed by atoms with Crippen LogP contribution in [0.2, 0.25) is 0 Å². The number of rotatable bonds is 5. The van der Waals surface area contributed by atoms with Gasteiger partial charge in [0.1, 0.15) is 17.2 Å². The number of allylic oxidation sites excluding steroid dienone is 1. The maximum Gasteiger partial charge on any atom is 0.117 e. The average molecular weight is 334 g/mol. The average Bonchev–Trinajstić information content (AvgIpc) is 2.74. The summed E-state index contributed by atoms with van der Waals surface area (Å²) in [5, 5.41) is 12.7. The highest BCUT2D eigenvalue weighted by Gasteiger charge is 2.35. The monoisotopic (exact) mass is 334 g/mol. The molecule has 0 aliphatic heterocycles. The van der Waals surface area contributed by atoms with Crippen LogP contribution in [-0.4, -0.2) is 0 Å². The van der Waals surface area contributed by atoms with Crippen molar-refractivity contribution < 1.29 is 0 Å². The molecular weight excluding hydrogens is 316 g/mol. The Morgan fingerprint density at radius 2 is 1.15 bits per heavy atom. The molecule has 0 radical (unpaired) electrons. The van der Waals surface area contributed by atoms with Crippen molar-refractivity contribution in [3.05, 3.63) is 119 Å². The standard InChI is InChI=1S/C24H18N2/c1-2-20(18-25)19-26-24(21-12-6-3-7-13-21,22-14-8-4-9-15-22)23-16-10-5-11-17-23/h1,3-17,19,26H/b20-19-. The van der Waals surface area contributed by atoms with Gasteiger partial charge in [0.15, 0.2) is 0 Å². The Kier molecular flexibility index (Phi) is 5.18. The highest BCUT2D eigenvalue weighted by atomic mass is 15.0. The Balaban J connectivity index is 2.30. The first-order valence-corrected chi connectivity index (χ1v) is 8.32. The first-order valence-electron chi connectivity index (χ1n) is 8.32. The van der Waals surface area contributed by atoms with Gasteiger partial charge >= 0.3 is 0 Å². The highest BCUT2D eigenvalue weighted by molar-refractivity contribution is 5.51. The summed E-state index contributed by atoms with van der Waals surface area (Å²) in [6, 6.07) is 32.5. The Labute approximate surface area is 154 Å². The highest BCUT2D eigenvalue weighted by Crippen LogP contribution is 2.36. The largest absolute Gasteiger partial charge is 0.372 e. The molecule has 0 aliphatic rings. The molecule has 1 N–H and O–H groups in total. The van der Waals surface area contributed by atoms with Gasteiger partial charge < -0.3 is 5.32 Å². The van der Waals surface area contributed by atoms with Crippen LogP contribution in [0.3, 0.4) is 0 Å². The van der Waals surface area contributed by atoms with Crippen molar-refractivity contribution in [1.29, 1.82) is 5.26 Å². The van der Waals surface area contributed by atoms with Crippen LogP contribution in [0, 0.1) is 23.7 Å². The molecule has 0 atom stereocenters. The molecule has 3 rings (SSSR count). The number of terminal acetylenes is 1. The maximum atomic E-state index is 9.23. The van der Waals surface area contributed by atoms with Crippen molar-refractivity contribution in [2.24, 2.45) is 0 Å². The lowest BCUT2D eigenvalue weighted by Crippen LogP contribution is -2.41. The zero-order valence-electron chi connectivity index (χ0n) is 14.3. The lowest BCUT2D eigenvalue weighted by Gasteiger charge is -2.36. The van der Waals surface area contributed by atoms with Crippen LogP contribution in [0.5, 0.6) is 0 Å². The van der Waals surface area contributed by atoms with Crippen LogP contribution in [0.1, 0.15) is 16.7 Å². The van der Waals surface area contributed by atoms with E-state index >= 15 is 0 Å². The zero-order chi connectivity index (χ0) is 18.2. The fourth-order valence-electron chi connectivity index (χ4n) is 3.10. The molecule has 0 unspecified atom stereocenters. The summed E-state index contributed by atoms with van der Waals surface area (Å²) >= 11 is 0. The van der Waals surface area contributed by atoms with E-state index in [1.807, 2.05) is 60.7 Å².